The van der Waals surface area contributed by atoms with Crippen molar-refractivity contribution in [3.63, 3.8) is 0 Å². The van der Waals surface area contributed by atoms with Crippen LogP contribution in [0.15, 0.2) is 79.3 Å². The zero-order chi connectivity index (χ0) is 45.8. The molecule has 340 valence electrons. The van der Waals surface area contributed by atoms with Crippen molar-refractivity contribution < 1.29 is 19.1 Å². The van der Waals surface area contributed by atoms with Crippen LogP contribution >= 0.6 is 0 Å². The number of nitrogens with zero attached hydrogens (tertiary/aromatic N) is 9. The second-order valence-corrected chi connectivity index (χ2v) is 16.8. The predicted molar refractivity (Wildman–Crippen MR) is 258 cm³/mol. The Balaban J connectivity index is 0.845. The second-order valence-electron chi connectivity index (χ2n) is 16.8. The Morgan fingerprint density at radius 1 is 0.892 bits per heavy atom. The summed E-state index contributed by atoms with van der Waals surface area (Å²) in [4.78, 5) is 53.5. The molecule has 0 saturated heterocycles. The first-order valence-electron chi connectivity index (χ1n) is 22.2. The van der Waals surface area contributed by atoms with Crippen LogP contribution in [0.4, 0.5) is 46.2 Å². The average molecular weight is 882 g/mol. The normalized spacial score (nSPS) is 15.1. The lowest BCUT2D eigenvalue weighted by atomic mass is 10.0. The Hall–Kier alpha value is -7.14. The number of nitrogens with two attached hydrogens (primary N) is 1. The van der Waals surface area contributed by atoms with Crippen LogP contribution in [0.3, 0.4) is 0 Å². The number of fused-ring (bicyclic) bond motifs is 2. The number of carbonyl (C=O) groups excluding carboxylic acids is 2. The Kier molecular flexibility index (Phi) is 13.2. The molecule has 0 spiro atoms. The number of aryl methyl sites for hydroxylation is 1. The van der Waals surface area contributed by atoms with Gasteiger partial charge in [0.1, 0.15) is 23.2 Å². The second kappa shape index (κ2) is 19.3. The van der Waals surface area contributed by atoms with Gasteiger partial charge in [0, 0.05) is 93.9 Å². The molecule has 17 nitrogen and oxygen atoms in total. The molecule has 3 aromatic heterocycles. The number of aromatic nitrogens is 5. The fourth-order valence-electron chi connectivity index (χ4n) is 8.93. The van der Waals surface area contributed by atoms with Crippen LogP contribution < -0.4 is 45.9 Å². The molecular weight excluding hydrogens is 823 g/mol. The summed E-state index contributed by atoms with van der Waals surface area (Å²) in [5.41, 5.74) is 13.4. The summed E-state index contributed by atoms with van der Waals surface area (Å²) < 4.78 is 13.6. The summed E-state index contributed by atoms with van der Waals surface area (Å²) in [6.45, 7) is 4.50. The number of nitrogen functional groups attached to an aromatic ring is 1. The lowest BCUT2D eigenvalue weighted by Gasteiger charge is -2.43. The van der Waals surface area contributed by atoms with Gasteiger partial charge >= 0.3 is 0 Å². The number of methoxy groups -OCH3 is 2. The smallest absolute Gasteiger partial charge is 0.251 e. The van der Waals surface area contributed by atoms with E-state index in [4.69, 9.17) is 25.2 Å². The molecule has 0 unspecified atom stereocenters. The Morgan fingerprint density at radius 2 is 1.63 bits per heavy atom. The van der Waals surface area contributed by atoms with Gasteiger partial charge in [-0.2, -0.15) is 4.98 Å². The minimum Gasteiger partial charge on any atom is -0.495 e. The van der Waals surface area contributed by atoms with Gasteiger partial charge in [0.2, 0.25) is 17.8 Å². The number of ether oxygens (including phenoxy) is 2. The predicted octanol–water partition coefficient (Wildman–Crippen LogP) is 6.81. The first-order valence-corrected chi connectivity index (χ1v) is 22.2. The quantitative estimate of drug-likeness (QED) is 0.0701. The summed E-state index contributed by atoms with van der Waals surface area (Å²) in [5.74, 6) is 2.50. The molecule has 17 heteroatoms. The lowest BCUT2D eigenvalue weighted by molar-refractivity contribution is -0.120. The Morgan fingerprint density at radius 3 is 2.40 bits per heavy atom. The van der Waals surface area contributed by atoms with E-state index in [9.17, 15) is 9.59 Å². The highest BCUT2D eigenvalue weighted by Crippen LogP contribution is 2.41. The van der Waals surface area contributed by atoms with E-state index in [2.05, 4.69) is 63.5 Å². The maximum atomic E-state index is 13.3. The van der Waals surface area contributed by atoms with E-state index in [1.165, 1.54) is 0 Å². The van der Waals surface area contributed by atoms with Crippen molar-refractivity contribution in [1.82, 2.24) is 34.7 Å². The van der Waals surface area contributed by atoms with E-state index in [-0.39, 0.29) is 23.9 Å². The zero-order valence-electron chi connectivity index (χ0n) is 38.3. The van der Waals surface area contributed by atoms with Crippen LogP contribution in [0.1, 0.15) is 49.4 Å². The van der Waals surface area contributed by atoms with Gasteiger partial charge in [-0.3, -0.25) is 9.59 Å². The van der Waals surface area contributed by atoms with E-state index in [1.807, 2.05) is 58.4 Å². The minimum atomic E-state index is -0.266. The SMILES string of the molecule is CC[C@@H]1C(=O)N(C)c2cnc(Nc3ccc(C(=O)NCCN(C)CCN(C)c4cc(OC)c(Nc5nccc(-c6cn(C)c7ccccc67)n5)cc4N)cc3OC)nc2N1C1CCCC1. The largest absolute Gasteiger partial charge is 0.495 e. The van der Waals surface area contributed by atoms with Crippen molar-refractivity contribution in [1.29, 1.82) is 0 Å². The van der Waals surface area contributed by atoms with Crippen molar-refractivity contribution >= 4 is 68.9 Å². The summed E-state index contributed by atoms with van der Waals surface area (Å²) in [6, 6.07) is 19.1. The molecule has 6 aromatic rings. The van der Waals surface area contributed by atoms with Gasteiger partial charge in [0.05, 0.1) is 48.9 Å². The van der Waals surface area contributed by atoms with Gasteiger partial charge in [-0.25, -0.2) is 15.0 Å². The Labute approximate surface area is 380 Å². The van der Waals surface area contributed by atoms with Gasteiger partial charge < -0.3 is 55.3 Å². The van der Waals surface area contributed by atoms with Gasteiger partial charge in [-0.1, -0.05) is 38.0 Å². The van der Waals surface area contributed by atoms with Crippen LogP contribution in [0.2, 0.25) is 0 Å². The summed E-state index contributed by atoms with van der Waals surface area (Å²) in [7, 11) is 11.0. The molecule has 0 radical (unpaired) electrons. The fourth-order valence-corrected chi connectivity index (χ4v) is 8.93. The number of amides is 2. The highest BCUT2D eigenvalue weighted by Gasteiger charge is 2.41. The monoisotopic (exact) mass is 881 g/mol. The number of benzene rings is 3. The summed E-state index contributed by atoms with van der Waals surface area (Å²) in [5, 5.41) is 10.8. The maximum absolute atomic E-state index is 13.3. The number of carbonyl (C=O) groups is 2. The first kappa shape index (κ1) is 44.5. The summed E-state index contributed by atoms with van der Waals surface area (Å²) in [6.07, 6.45) is 10.6. The van der Waals surface area contributed by atoms with Crippen molar-refractivity contribution in [3.8, 4) is 22.8 Å². The molecular formula is C48H59N13O4. The molecule has 2 amide bonds. The molecule has 8 rings (SSSR count). The molecule has 4 heterocycles. The number of para-hydroxylation sites is 1. The maximum Gasteiger partial charge on any atom is 0.251 e. The third-order valence-corrected chi connectivity index (χ3v) is 12.6. The van der Waals surface area contributed by atoms with Crippen molar-refractivity contribution in [2.24, 2.45) is 7.05 Å². The van der Waals surface area contributed by atoms with Gasteiger partial charge in [-0.05, 0) is 62.7 Å². The standard InChI is InChI=1S/C48H59N13O4/c1-8-38-46(63)60(5)41-28-52-48(56-44(41)61(38)31-13-9-10-14-31)54-36-18-17-30(25-42(36)64-6)45(62)50-21-22-57(2)23-24-58(3)40-27-43(65-7)37(26-34(40)49)55-47-51-20-19-35(53-47)33-29-59(4)39-16-12-11-15-32(33)39/h11-12,15-20,25-29,31,38H,8-10,13-14,21-24,49H2,1-7H3,(H,50,62)(H,51,53,55)(H,52,54,56)/t38-/m1/s1. The number of anilines is 8. The van der Waals surface area contributed by atoms with Crippen molar-refractivity contribution in [2.75, 3.05) is 92.6 Å². The number of hydrogen-bond donors (Lipinski definition) is 4. The van der Waals surface area contributed by atoms with E-state index < -0.39 is 0 Å². The molecule has 1 fully saturated rings. The van der Waals surface area contributed by atoms with E-state index in [0.29, 0.717) is 84.3 Å². The van der Waals surface area contributed by atoms with Gasteiger partial charge in [0.15, 0.2) is 5.82 Å². The number of nitrogens with one attached hydrogen (secondary N) is 3. The highest BCUT2D eigenvalue weighted by atomic mass is 16.5. The topological polar surface area (TPSA) is 184 Å². The Bertz CT molecular complexity index is 2680. The van der Waals surface area contributed by atoms with Gasteiger partial charge in [-0.15, -0.1) is 0 Å². The number of likely N-dealkylation sites (N-methyl/N-ethyl adjacent to an activating group) is 3. The molecule has 1 aliphatic heterocycles. The zero-order valence-corrected chi connectivity index (χ0v) is 38.3. The van der Waals surface area contributed by atoms with E-state index >= 15 is 0 Å². The third kappa shape index (κ3) is 9.27. The fraction of sp³-hybridized carbons (Fsp3) is 0.375. The molecule has 0 bridgehead atoms. The molecule has 1 aliphatic carbocycles. The van der Waals surface area contributed by atoms with Gasteiger partial charge in [0.25, 0.3) is 5.91 Å². The first-order chi connectivity index (χ1) is 31.5. The molecule has 2 aliphatic rings. The molecule has 1 saturated carbocycles. The number of rotatable bonds is 17. The van der Waals surface area contributed by atoms with E-state index in [0.717, 1.165) is 59.3 Å². The molecule has 5 N–H and O–H groups in total. The van der Waals surface area contributed by atoms with Crippen LogP contribution in [-0.4, -0.2) is 115 Å². The minimum absolute atomic E-state index is 0.0669. The van der Waals surface area contributed by atoms with Crippen LogP contribution in [0, 0.1) is 0 Å². The molecule has 3 aromatic carbocycles. The van der Waals surface area contributed by atoms with Crippen LogP contribution in [0.5, 0.6) is 11.5 Å². The van der Waals surface area contributed by atoms with Crippen LogP contribution in [-0.2, 0) is 11.8 Å². The molecule has 1 atom stereocenters. The third-order valence-electron chi connectivity index (χ3n) is 12.6. The average Bonchev–Trinajstić information content (AvgIpc) is 3.98. The molecule has 65 heavy (non-hydrogen) atoms. The number of hydrogen-bond acceptors (Lipinski definition) is 14. The highest BCUT2D eigenvalue weighted by molar-refractivity contribution is 6.04. The van der Waals surface area contributed by atoms with Crippen molar-refractivity contribution in [3.05, 3.63) is 84.8 Å². The van der Waals surface area contributed by atoms with Crippen LogP contribution in [0.25, 0.3) is 22.2 Å². The lowest BCUT2D eigenvalue weighted by Crippen LogP contribution is -2.55. The van der Waals surface area contributed by atoms with Crippen molar-refractivity contribution in [2.45, 2.75) is 51.1 Å². The van der Waals surface area contributed by atoms with E-state index in [1.54, 1.807) is 56.8 Å². The summed E-state index contributed by atoms with van der Waals surface area (Å²) >= 11 is 0.